The molecule has 20 heavy (non-hydrogen) atoms. The second-order valence-corrected chi connectivity index (χ2v) is 5.88. The SMILES string of the molecule is CCC(C)OCCOCCOCCCCS(=O)(=O)O.[NaH]. The number of ether oxygens (including phenoxy) is 3. The molecule has 0 amide bonds. The van der Waals surface area contributed by atoms with E-state index in [9.17, 15) is 8.42 Å². The van der Waals surface area contributed by atoms with Crippen LogP contribution in [0.2, 0.25) is 0 Å². The molecule has 1 N–H and O–H groups in total. The van der Waals surface area contributed by atoms with Gasteiger partial charge < -0.3 is 14.2 Å². The fourth-order valence-corrected chi connectivity index (χ4v) is 1.81. The van der Waals surface area contributed by atoms with Gasteiger partial charge in [-0.05, 0) is 26.2 Å². The van der Waals surface area contributed by atoms with Gasteiger partial charge in [-0.1, -0.05) is 6.92 Å². The van der Waals surface area contributed by atoms with Crippen LogP contribution in [-0.2, 0) is 24.3 Å². The van der Waals surface area contributed by atoms with Crippen molar-refractivity contribution in [2.75, 3.05) is 38.8 Å². The molecule has 0 bridgehead atoms. The van der Waals surface area contributed by atoms with Gasteiger partial charge in [-0.25, -0.2) is 0 Å². The predicted molar refractivity (Wildman–Crippen MR) is 80.1 cm³/mol. The second kappa shape index (κ2) is 14.7. The van der Waals surface area contributed by atoms with Crippen molar-refractivity contribution in [2.45, 2.75) is 39.2 Å². The van der Waals surface area contributed by atoms with Crippen LogP contribution in [0.5, 0.6) is 0 Å². The van der Waals surface area contributed by atoms with Crippen LogP contribution in [-0.4, -0.2) is 87.4 Å². The summed E-state index contributed by atoms with van der Waals surface area (Å²) in [5.74, 6) is -0.209. The Balaban J connectivity index is 0. The summed E-state index contributed by atoms with van der Waals surface area (Å²) in [4.78, 5) is 0. The first kappa shape index (κ1) is 23.1. The van der Waals surface area contributed by atoms with Crippen molar-refractivity contribution in [1.29, 1.82) is 0 Å². The Morgan fingerprint density at radius 1 is 1.00 bits per heavy atom. The third-order valence-electron chi connectivity index (χ3n) is 2.52. The minimum atomic E-state index is -3.84. The van der Waals surface area contributed by atoms with E-state index in [0.29, 0.717) is 45.9 Å². The zero-order valence-corrected chi connectivity index (χ0v) is 12.7. The zero-order chi connectivity index (χ0) is 14.6. The van der Waals surface area contributed by atoms with Crippen LogP contribution in [0.4, 0.5) is 0 Å². The first-order valence-electron chi connectivity index (χ1n) is 6.68. The normalized spacial score (nSPS) is 12.9. The molecular formula is C12H27NaO6S. The first-order chi connectivity index (χ1) is 8.95. The number of hydrogen-bond acceptors (Lipinski definition) is 5. The van der Waals surface area contributed by atoms with Crippen LogP contribution in [0.1, 0.15) is 33.1 Å². The molecule has 0 radical (unpaired) electrons. The van der Waals surface area contributed by atoms with Crippen molar-refractivity contribution in [3.8, 4) is 0 Å². The van der Waals surface area contributed by atoms with Crippen molar-refractivity contribution in [1.82, 2.24) is 0 Å². The molecule has 0 aromatic carbocycles. The Morgan fingerprint density at radius 2 is 1.55 bits per heavy atom. The van der Waals surface area contributed by atoms with E-state index < -0.39 is 10.1 Å². The molecule has 0 saturated carbocycles. The molecular weight excluding hydrogens is 295 g/mol. The van der Waals surface area contributed by atoms with Crippen molar-refractivity contribution >= 4 is 39.7 Å². The van der Waals surface area contributed by atoms with E-state index in [2.05, 4.69) is 6.92 Å². The van der Waals surface area contributed by atoms with Crippen LogP contribution < -0.4 is 0 Å². The van der Waals surface area contributed by atoms with Gasteiger partial charge in [-0.15, -0.1) is 0 Å². The molecule has 1 atom stereocenters. The van der Waals surface area contributed by atoms with Crippen LogP contribution in [0.15, 0.2) is 0 Å². The van der Waals surface area contributed by atoms with E-state index in [1.165, 1.54) is 0 Å². The van der Waals surface area contributed by atoms with Gasteiger partial charge in [0, 0.05) is 6.61 Å². The van der Waals surface area contributed by atoms with Crippen LogP contribution >= 0.6 is 0 Å². The zero-order valence-electron chi connectivity index (χ0n) is 11.8. The van der Waals surface area contributed by atoms with E-state index in [1.807, 2.05) is 6.92 Å². The molecule has 1 unspecified atom stereocenters. The van der Waals surface area contributed by atoms with E-state index in [0.717, 1.165) is 6.42 Å². The summed E-state index contributed by atoms with van der Waals surface area (Å²) in [6.07, 6.45) is 2.27. The summed E-state index contributed by atoms with van der Waals surface area (Å²) in [6.45, 7) is 6.69. The number of rotatable bonds is 13. The molecule has 8 heteroatoms. The fourth-order valence-electron chi connectivity index (χ4n) is 1.24. The third-order valence-corrected chi connectivity index (χ3v) is 3.32. The Bertz CT molecular complexity index is 296. The van der Waals surface area contributed by atoms with Gasteiger partial charge in [-0.2, -0.15) is 8.42 Å². The van der Waals surface area contributed by atoms with Gasteiger partial charge in [0.2, 0.25) is 0 Å². The van der Waals surface area contributed by atoms with Gasteiger partial charge in [0.15, 0.2) is 0 Å². The Hall–Kier alpha value is 0.790. The van der Waals surface area contributed by atoms with Gasteiger partial charge >= 0.3 is 29.6 Å². The standard InChI is InChI=1S/C12H26O6S.Na.H/c1-3-12(2)18-10-9-17-8-7-16-6-4-5-11-19(13,14)15;;/h12H,3-11H2,1-2H3,(H,13,14,15);;. The average Bonchev–Trinajstić information content (AvgIpc) is 2.34. The fraction of sp³-hybridized carbons (Fsp3) is 1.00. The van der Waals surface area contributed by atoms with Crippen LogP contribution in [0.25, 0.3) is 0 Å². The quantitative estimate of drug-likeness (QED) is 0.308. The summed E-state index contributed by atoms with van der Waals surface area (Å²) in [5.41, 5.74) is 0. The third kappa shape index (κ3) is 18.8. The molecule has 6 nitrogen and oxygen atoms in total. The van der Waals surface area contributed by atoms with Crippen LogP contribution in [0.3, 0.4) is 0 Å². The summed E-state index contributed by atoms with van der Waals surface area (Å²) in [5, 5.41) is 0. The topological polar surface area (TPSA) is 82.1 Å². The Morgan fingerprint density at radius 3 is 2.10 bits per heavy atom. The van der Waals surface area contributed by atoms with Gasteiger partial charge in [-0.3, -0.25) is 4.55 Å². The van der Waals surface area contributed by atoms with Crippen molar-refractivity contribution in [3.05, 3.63) is 0 Å². The molecule has 0 aromatic rings. The summed E-state index contributed by atoms with van der Waals surface area (Å²) >= 11 is 0. The molecule has 0 fully saturated rings. The van der Waals surface area contributed by atoms with Crippen molar-refractivity contribution < 1.29 is 27.2 Å². The predicted octanol–water partition coefficient (Wildman–Crippen LogP) is 0.854. The number of unbranched alkanes of at least 4 members (excludes halogenated alkanes) is 1. The van der Waals surface area contributed by atoms with E-state index in [1.54, 1.807) is 0 Å². The maximum atomic E-state index is 10.4. The molecule has 0 spiro atoms. The molecule has 0 aliphatic carbocycles. The first-order valence-corrected chi connectivity index (χ1v) is 8.29. The molecule has 0 aliphatic heterocycles. The summed E-state index contributed by atoms with van der Waals surface area (Å²) < 4.78 is 45.3. The van der Waals surface area contributed by atoms with E-state index in [-0.39, 0.29) is 41.4 Å². The molecule has 118 valence electrons. The van der Waals surface area contributed by atoms with Gasteiger partial charge in [0.05, 0.1) is 38.3 Å². The molecule has 0 saturated heterocycles. The molecule has 0 heterocycles. The summed E-state index contributed by atoms with van der Waals surface area (Å²) in [6, 6.07) is 0. The molecule has 0 aromatic heterocycles. The van der Waals surface area contributed by atoms with E-state index in [4.69, 9.17) is 18.8 Å². The molecule has 0 aliphatic rings. The van der Waals surface area contributed by atoms with Gasteiger partial charge in [0.1, 0.15) is 0 Å². The average molecular weight is 322 g/mol. The maximum absolute atomic E-state index is 10.4. The second-order valence-electron chi connectivity index (χ2n) is 4.31. The number of hydrogen-bond donors (Lipinski definition) is 1. The minimum absolute atomic E-state index is 0. The summed E-state index contributed by atoms with van der Waals surface area (Å²) in [7, 11) is -3.84. The van der Waals surface area contributed by atoms with Crippen LogP contribution in [0, 0.1) is 0 Å². The van der Waals surface area contributed by atoms with Crippen molar-refractivity contribution in [2.24, 2.45) is 0 Å². The molecule has 0 rings (SSSR count). The van der Waals surface area contributed by atoms with E-state index >= 15 is 0 Å². The Kier molecular flexibility index (Phi) is 17.0. The van der Waals surface area contributed by atoms with Gasteiger partial charge in [0.25, 0.3) is 10.1 Å². The van der Waals surface area contributed by atoms with Crippen molar-refractivity contribution in [3.63, 3.8) is 0 Å². The monoisotopic (exact) mass is 322 g/mol. The Labute approximate surface area is 144 Å².